The largest absolute Gasteiger partial charge is 0.491 e. The van der Waals surface area contributed by atoms with Gasteiger partial charge in [-0.15, -0.1) is 11.6 Å². The standard InChI is InChI=1S/C12H13ClO3/c1-2-15-8-10-3-5-12(6-4-10)16-9-11(14)7-13/h1,3-6,11,14H,7-9H2. The van der Waals surface area contributed by atoms with Crippen LogP contribution in [0.2, 0.25) is 0 Å². The summed E-state index contributed by atoms with van der Waals surface area (Å²) in [5, 5.41) is 9.19. The molecule has 1 rings (SSSR count). The zero-order chi connectivity index (χ0) is 11.8. The second-order valence-corrected chi connectivity index (χ2v) is 3.48. The SMILES string of the molecule is C#COCc1ccc(OCC(O)CCl)cc1. The lowest BCUT2D eigenvalue weighted by molar-refractivity contribution is 0.125. The quantitative estimate of drug-likeness (QED) is 0.609. The van der Waals surface area contributed by atoms with Gasteiger partial charge < -0.3 is 14.6 Å². The molecular formula is C12H13ClO3. The minimum atomic E-state index is -0.647. The Balaban J connectivity index is 2.42. The molecule has 0 radical (unpaired) electrons. The van der Waals surface area contributed by atoms with Gasteiger partial charge in [-0.05, 0) is 17.7 Å². The van der Waals surface area contributed by atoms with Crippen molar-refractivity contribution in [3.8, 4) is 18.3 Å². The number of ether oxygens (including phenoxy) is 2. The molecule has 0 saturated heterocycles. The van der Waals surface area contributed by atoms with Crippen LogP contribution in [0.5, 0.6) is 5.75 Å². The van der Waals surface area contributed by atoms with Crippen molar-refractivity contribution in [3.05, 3.63) is 29.8 Å². The number of terminal acetylenes is 1. The lowest BCUT2D eigenvalue weighted by Gasteiger charge is -2.09. The van der Waals surface area contributed by atoms with Crippen LogP contribution in [-0.2, 0) is 11.3 Å². The van der Waals surface area contributed by atoms with Crippen LogP contribution >= 0.6 is 11.6 Å². The van der Waals surface area contributed by atoms with Gasteiger partial charge in [-0.1, -0.05) is 18.6 Å². The van der Waals surface area contributed by atoms with Gasteiger partial charge in [0.1, 0.15) is 31.2 Å². The third-order valence-electron chi connectivity index (χ3n) is 1.87. The Bertz CT molecular complexity index is 342. The van der Waals surface area contributed by atoms with Crippen molar-refractivity contribution < 1.29 is 14.6 Å². The Kier molecular flexibility index (Phi) is 5.55. The molecule has 1 aromatic rings. The van der Waals surface area contributed by atoms with Crippen LogP contribution in [0.3, 0.4) is 0 Å². The van der Waals surface area contributed by atoms with E-state index in [2.05, 4.69) is 6.11 Å². The first-order valence-electron chi connectivity index (χ1n) is 4.79. The molecule has 0 aliphatic carbocycles. The van der Waals surface area contributed by atoms with Crippen molar-refractivity contribution in [2.75, 3.05) is 12.5 Å². The molecule has 3 nitrogen and oxygen atoms in total. The Morgan fingerprint density at radius 2 is 2.06 bits per heavy atom. The molecule has 0 aliphatic heterocycles. The van der Waals surface area contributed by atoms with Gasteiger partial charge in [-0.25, -0.2) is 0 Å². The molecule has 0 amide bonds. The summed E-state index contributed by atoms with van der Waals surface area (Å²) in [5.41, 5.74) is 0.961. The number of aliphatic hydroxyl groups excluding tert-OH is 1. The van der Waals surface area contributed by atoms with E-state index in [0.29, 0.717) is 12.4 Å². The Morgan fingerprint density at radius 3 is 2.62 bits per heavy atom. The number of hydrogen-bond acceptors (Lipinski definition) is 3. The Labute approximate surface area is 99.9 Å². The van der Waals surface area contributed by atoms with E-state index >= 15 is 0 Å². The minimum Gasteiger partial charge on any atom is -0.491 e. The minimum absolute atomic E-state index is 0.161. The van der Waals surface area contributed by atoms with Gasteiger partial charge in [-0.2, -0.15) is 0 Å². The first-order chi connectivity index (χ1) is 7.76. The van der Waals surface area contributed by atoms with Gasteiger partial charge in [0.05, 0.1) is 5.88 Å². The summed E-state index contributed by atoms with van der Waals surface area (Å²) in [4.78, 5) is 0. The molecular weight excluding hydrogens is 228 g/mol. The molecule has 1 atom stereocenters. The van der Waals surface area contributed by atoms with Crippen LogP contribution in [0.15, 0.2) is 24.3 Å². The normalized spacial score (nSPS) is 11.6. The highest BCUT2D eigenvalue weighted by Gasteiger charge is 2.02. The fraction of sp³-hybridized carbons (Fsp3) is 0.333. The number of halogens is 1. The van der Waals surface area contributed by atoms with E-state index in [1.807, 2.05) is 12.1 Å². The molecule has 0 spiro atoms. The maximum absolute atomic E-state index is 9.19. The van der Waals surface area contributed by atoms with Gasteiger partial charge >= 0.3 is 0 Å². The number of hydrogen-bond donors (Lipinski definition) is 1. The van der Waals surface area contributed by atoms with Crippen molar-refractivity contribution in [1.82, 2.24) is 0 Å². The molecule has 0 heterocycles. The first kappa shape index (κ1) is 12.7. The summed E-state index contributed by atoms with van der Waals surface area (Å²) in [5.74, 6) is 0.835. The lowest BCUT2D eigenvalue weighted by atomic mass is 10.2. The van der Waals surface area contributed by atoms with E-state index in [0.717, 1.165) is 5.56 Å². The summed E-state index contributed by atoms with van der Waals surface area (Å²) < 4.78 is 10.1. The fourth-order valence-electron chi connectivity index (χ4n) is 1.04. The highest BCUT2D eigenvalue weighted by Crippen LogP contribution is 2.13. The van der Waals surface area contributed by atoms with E-state index in [1.54, 1.807) is 12.1 Å². The summed E-state index contributed by atoms with van der Waals surface area (Å²) in [6.45, 7) is 0.560. The molecule has 0 aromatic heterocycles. The van der Waals surface area contributed by atoms with Gasteiger partial charge in [-0.3, -0.25) is 0 Å². The molecule has 16 heavy (non-hydrogen) atoms. The number of benzene rings is 1. The van der Waals surface area contributed by atoms with Crippen molar-refractivity contribution in [1.29, 1.82) is 0 Å². The van der Waals surface area contributed by atoms with E-state index in [1.165, 1.54) is 0 Å². The monoisotopic (exact) mass is 240 g/mol. The number of aliphatic hydroxyl groups is 1. The summed E-state index contributed by atoms with van der Waals surface area (Å²) >= 11 is 5.44. The first-order valence-corrected chi connectivity index (χ1v) is 5.33. The molecule has 1 unspecified atom stereocenters. The van der Waals surface area contributed by atoms with E-state index in [-0.39, 0.29) is 12.5 Å². The zero-order valence-corrected chi connectivity index (χ0v) is 9.48. The van der Waals surface area contributed by atoms with E-state index < -0.39 is 6.10 Å². The molecule has 0 fully saturated rings. The summed E-state index contributed by atoms with van der Waals surface area (Å²) in [7, 11) is 0. The van der Waals surface area contributed by atoms with Crippen molar-refractivity contribution in [3.63, 3.8) is 0 Å². The maximum Gasteiger partial charge on any atom is 0.125 e. The zero-order valence-electron chi connectivity index (χ0n) is 8.73. The molecule has 0 bridgehead atoms. The number of rotatable bonds is 6. The van der Waals surface area contributed by atoms with Crippen molar-refractivity contribution >= 4 is 11.6 Å². The predicted molar refractivity (Wildman–Crippen MR) is 62.3 cm³/mol. The summed E-state index contributed by atoms with van der Waals surface area (Å²) in [6, 6.07) is 7.27. The Morgan fingerprint density at radius 1 is 1.38 bits per heavy atom. The van der Waals surface area contributed by atoms with Crippen LogP contribution in [0.4, 0.5) is 0 Å². The molecule has 4 heteroatoms. The second kappa shape index (κ2) is 7.00. The van der Waals surface area contributed by atoms with Crippen LogP contribution < -0.4 is 4.74 Å². The third-order valence-corrected chi connectivity index (χ3v) is 2.22. The van der Waals surface area contributed by atoms with Crippen LogP contribution in [0, 0.1) is 12.5 Å². The Hall–Kier alpha value is -1.37. The molecule has 1 N–H and O–H groups in total. The fourth-order valence-corrected chi connectivity index (χ4v) is 1.13. The van der Waals surface area contributed by atoms with Crippen molar-refractivity contribution in [2.24, 2.45) is 0 Å². The molecule has 1 aromatic carbocycles. The van der Waals surface area contributed by atoms with Crippen LogP contribution in [0.1, 0.15) is 5.56 Å². The molecule has 0 aliphatic rings. The van der Waals surface area contributed by atoms with E-state index in [4.69, 9.17) is 27.5 Å². The maximum atomic E-state index is 9.19. The van der Waals surface area contributed by atoms with Gasteiger partial charge in [0.15, 0.2) is 0 Å². The lowest BCUT2D eigenvalue weighted by Crippen LogP contribution is -2.18. The smallest absolute Gasteiger partial charge is 0.125 e. The van der Waals surface area contributed by atoms with Gasteiger partial charge in [0.25, 0.3) is 0 Å². The van der Waals surface area contributed by atoms with Gasteiger partial charge in [0.2, 0.25) is 0 Å². The number of alkyl halides is 1. The highest BCUT2D eigenvalue weighted by atomic mass is 35.5. The van der Waals surface area contributed by atoms with E-state index in [9.17, 15) is 5.11 Å². The predicted octanol–water partition coefficient (Wildman–Crippen LogP) is 1.77. The third kappa shape index (κ3) is 4.43. The molecule has 0 saturated carbocycles. The van der Waals surface area contributed by atoms with Crippen molar-refractivity contribution in [2.45, 2.75) is 12.7 Å². The van der Waals surface area contributed by atoms with Crippen LogP contribution in [0.25, 0.3) is 0 Å². The van der Waals surface area contributed by atoms with Crippen LogP contribution in [-0.4, -0.2) is 23.7 Å². The average molecular weight is 241 g/mol. The molecule has 86 valence electrons. The highest BCUT2D eigenvalue weighted by molar-refractivity contribution is 6.18. The second-order valence-electron chi connectivity index (χ2n) is 3.17. The van der Waals surface area contributed by atoms with Gasteiger partial charge in [0, 0.05) is 0 Å². The topological polar surface area (TPSA) is 38.7 Å². The average Bonchev–Trinajstić information content (AvgIpc) is 2.34. The summed E-state index contributed by atoms with van der Waals surface area (Å²) in [6.07, 6.45) is 6.42.